The van der Waals surface area contributed by atoms with E-state index >= 15 is 0 Å². The monoisotopic (exact) mass is 394 g/mol. The summed E-state index contributed by atoms with van der Waals surface area (Å²) in [6.45, 7) is 3.56. The predicted molar refractivity (Wildman–Crippen MR) is 103 cm³/mol. The second kappa shape index (κ2) is 8.16. The van der Waals surface area contributed by atoms with Gasteiger partial charge in [-0.1, -0.05) is 29.3 Å². The first kappa shape index (κ1) is 18.8. The molecule has 7 heteroatoms. The Bertz CT molecular complexity index is 813. The molecule has 2 aromatic carbocycles. The molecule has 0 spiro atoms. The number of halogens is 2. The summed E-state index contributed by atoms with van der Waals surface area (Å²) < 4.78 is 11.1. The van der Waals surface area contributed by atoms with Crippen molar-refractivity contribution in [2.75, 3.05) is 25.6 Å². The quantitative estimate of drug-likeness (QED) is 0.824. The molecule has 0 bridgehead atoms. The zero-order valence-electron chi connectivity index (χ0n) is 14.6. The highest BCUT2D eigenvalue weighted by atomic mass is 35.5. The van der Waals surface area contributed by atoms with Crippen molar-refractivity contribution in [3.05, 3.63) is 52.0 Å². The van der Waals surface area contributed by atoms with E-state index in [1.54, 1.807) is 18.2 Å². The smallest absolute Gasteiger partial charge is 0.241 e. The summed E-state index contributed by atoms with van der Waals surface area (Å²) >= 11 is 12.0. The number of amides is 1. The Morgan fingerprint density at radius 2 is 1.88 bits per heavy atom. The molecule has 1 N–H and O–H groups in total. The number of hydrogen-bond donors (Lipinski definition) is 1. The van der Waals surface area contributed by atoms with Gasteiger partial charge >= 0.3 is 0 Å². The number of rotatable bonds is 5. The number of anilines is 1. The van der Waals surface area contributed by atoms with E-state index in [9.17, 15) is 4.79 Å². The third-order valence-corrected chi connectivity index (χ3v) is 4.82. The Labute approximate surface area is 162 Å². The van der Waals surface area contributed by atoms with Crippen LogP contribution >= 0.6 is 23.2 Å². The second-order valence-electron chi connectivity index (χ2n) is 6.18. The van der Waals surface area contributed by atoms with Gasteiger partial charge in [0.25, 0.3) is 0 Å². The Kier molecular flexibility index (Phi) is 5.91. The molecule has 1 amide bonds. The molecule has 0 saturated heterocycles. The van der Waals surface area contributed by atoms with E-state index in [4.69, 9.17) is 32.7 Å². The van der Waals surface area contributed by atoms with Crippen LogP contribution in [0.3, 0.4) is 0 Å². The zero-order valence-corrected chi connectivity index (χ0v) is 16.1. The first-order chi connectivity index (χ1) is 12.4. The Hall–Kier alpha value is -1.95. The van der Waals surface area contributed by atoms with Gasteiger partial charge in [-0.15, -0.1) is 0 Å². The van der Waals surface area contributed by atoms with Gasteiger partial charge < -0.3 is 14.8 Å². The number of ether oxygens (including phenoxy) is 2. The van der Waals surface area contributed by atoms with E-state index in [2.05, 4.69) is 5.32 Å². The molecule has 0 unspecified atom stereocenters. The number of nitrogens with one attached hydrogen (secondary N) is 1. The molecule has 1 aliphatic heterocycles. The van der Waals surface area contributed by atoms with Crippen LogP contribution in [0.1, 0.15) is 12.5 Å². The van der Waals surface area contributed by atoms with Gasteiger partial charge in [0.2, 0.25) is 5.91 Å². The minimum absolute atomic E-state index is 0.144. The highest BCUT2D eigenvalue weighted by Gasteiger charge is 2.20. The fraction of sp³-hybridized carbons (Fsp3) is 0.316. The van der Waals surface area contributed by atoms with Crippen molar-refractivity contribution in [2.24, 2.45) is 0 Å². The molecular formula is C19H20Cl2N2O3. The molecule has 1 atom stereocenters. The summed E-state index contributed by atoms with van der Waals surface area (Å²) in [4.78, 5) is 14.5. The first-order valence-electron chi connectivity index (χ1n) is 8.28. The van der Waals surface area contributed by atoms with E-state index in [0.717, 1.165) is 17.1 Å². The highest BCUT2D eigenvalue weighted by molar-refractivity contribution is 6.36. The van der Waals surface area contributed by atoms with Gasteiger partial charge in [0, 0.05) is 11.6 Å². The fourth-order valence-corrected chi connectivity index (χ4v) is 3.09. The molecule has 2 aromatic rings. The summed E-state index contributed by atoms with van der Waals surface area (Å²) in [7, 11) is 1.89. The van der Waals surface area contributed by atoms with E-state index in [-0.39, 0.29) is 11.9 Å². The Morgan fingerprint density at radius 1 is 1.15 bits per heavy atom. The summed E-state index contributed by atoms with van der Waals surface area (Å²) in [6.07, 6.45) is 0. The standard InChI is InChI=1S/C19H20Cl2N2O3/c1-12(19(24)22-16-5-4-14(20)10-15(16)21)23(2)11-13-3-6-17-18(9-13)26-8-7-25-17/h3-6,9-10,12H,7-8,11H2,1-2H3,(H,22,24)/t12-/m0/s1. The lowest BCUT2D eigenvalue weighted by molar-refractivity contribution is -0.120. The van der Waals surface area contributed by atoms with Crippen LogP contribution < -0.4 is 14.8 Å². The van der Waals surface area contributed by atoms with Crippen molar-refractivity contribution in [3.63, 3.8) is 0 Å². The van der Waals surface area contributed by atoms with Gasteiger partial charge in [-0.05, 0) is 49.9 Å². The van der Waals surface area contributed by atoms with Crippen LogP contribution in [0.15, 0.2) is 36.4 Å². The van der Waals surface area contributed by atoms with Gasteiger partial charge in [-0.2, -0.15) is 0 Å². The number of carbonyl (C=O) groups is 1. The molecular weight excluding hydrogens is 375 g/mol. The van der Waals surface area contributed by atoms with Crippen molar-refractivity contribution in [1.82, 2.24) is 4.90 Å². The Morgan fingerprint density at radius 3 is 2.62 bits per heavy atom. The minimum Gasteiger partial charge on any atom is -0.486 e. The number of benzene rings is 2. The second-order valence-corrected chi connectivity index (χ2v) is 7.03. The van der Waals surface area contributed by atoms with Crippen molar-refractivity contribution in [1.29, 1.82) is 0 Å². The number of hydrogen-bond acceptors (Lipinski definition) is 4. The van der Waals surface area contributed by atoms with Crippen LogP contribution in [0.5, 0.6) is 11.5 Å². The zero-order chi connectivity index (χ0) is 18.7. The number of nitrogens with zero attached hydrogens (tertiary/aromatic N) is 1. The molecule has 0 fully saturated rings. The summed E-state index contributed by atoms with van der Waals surface area (Å²) in [5.41, 5.74) is 1.58. The average molecular weight is 395 g/mol. The number of fused-ring (bicyclic) bond motifs is 1. The summed E-state index contributed by atoms with van der Waals surface area (Å²) in [5.74, 6) is 1.35. The largest absolute Gasteiger partial charge is 0.486 e. The van der Waals surface area contributed by atoms with Gasteiger partial charge in [-0.25, -0.2) is 0 Å². The van der Waals surface area contributed by atoms with Crippen molar-refractivity contribution in [2.45, 2.75) is 19.5 Å². The maximum Gasteiger partial charge on any atom is 0.241 e. The minimum atomic E-state index is -0.352. The maximum atomic E-state index is 12.5. The molecule has 0 aliphatic carbocycles. The van der Waals surface area contributed by atoms with Gasteiger partial charge in [0.05, 0.1) is 16.8 Å². The lowest BCUT2D eigenvalue weighted by Gasteiger charge is -2.25. The van der Waals surface area contributed by atoms with Crippen LogP contribution in [-0.4, -0.2) is 37.1 Å². The van der Waals surface area contributed by atoms with E-state index in [1.165, 1.54) is 0 Å². The van der Waals surface area contributed by atoms with E-state index in [0.29, 0.717) is 35.5 Å². The van der Waals surface area contributed by atoms with Crippen molar-refractivity contribution < 1.29 is 14.3 Å². The third-order valence-electron chi connectivity index (χ3n) is 4.27. The lowest BCUT2D eigenvalue weighted by Crippen LogP contribution is -2.39. The molecule has 5 nitrogen and oxygen atoms in total. The van der Waals surface area contributed by atoms with E-state index < -0.39 is 0 Å². The highest BCUT2D eigenvalue weighted by Crippen LogP contribution is 2.31. The molecule has 1 heterocycles. The van der Waals surface area contributed by atoms with Crippen LogP contribution in [0.25, 0.3) is 0 Å². The molecule has 138 valence electrons. The molecule has 26 heavy (non-hydrogen) atoms. The topological polar surface area (TPSA) is 50.8 Å². The first-order valence-corrected chi connectivity index (χ1v) is 9.04. The van der Waals surface area contributed by atoms with Crippen LogP contribution in [-0.2, 0) is 11.3 Å². The molecule has 0 radical (unpaired) electrons. The van der Waals surface area contributed by atoms with Crippen LogP contribution in [0, 0.1) is 0 Å². The molecule has 0 saturated carbocycles. The third kappa shape index (κ3) is 4.41. The van der Waals surface area contributed by atoms with Crippen LogP contribution in [0.2, 0.25) is 10.0 Å². The molecule has 3 rings (SSSR count). The SMILES string of the molecule is C[C@@H](C(=O)Nc1ccc(Cl)cc1Cl)N(C)Cc1ccc2c(c1)OCCO2. The van der Waals surface area contributed by atoms with Crippen molar-refractivity contribution >= 4 is 34.8 Å². The number of carbonyl (C=O) groups excluding carboxylic acids is 1. The van der Waals surface area contributed by atoms with Gasteiger partial charge in [0.1, 0.15) is 13.2 Å². The lowest BCUT2D eigenvalue weighted by atomic mass is 10.1. The summed E-state index contributed by atoms with van der Waals surface area (Å²) in [6, 6.07) is 10.5. The average Bonchev–Trinajstić information content (AvgIpc) is 2.63. The normalized spacial score (nSPS) is 14.2. The van der Waals surface area contributed by atoms with Crippen molar-refractivity contribution in [3.8, 4) is 11.5 Å². The maximum absolute atomic E-state index is 12.5. The molecule has 0 aromatic heterocycles. The molecule has 1 aliphatic rings. The number of likely N-dealkylation sites (N-methyl/N-ethyl adjacent to an activating group) is 1. The predicted octanol–water partition coefficient (Wildman–Crippen LogP) is 4.22. The Balaban J connectivity index is 1.63. The fourth-order valence-electron chi connectivity index (χ4n) is 2.64. The van der Waals surface area contributed by atoms with E-state index in [1.807, 2.05) is 37.1 Å². The van der Waals surface area contributed by atoms with Gasteiger partial charge in [0.15, 0.2) is 11.5 Å². The van der Waals surface area contributed by atoms with Crippen LogP contribution in [0.4, 0.5) is 5.69 Å². The summed E-state index contributed by atoms with van der Waals surface area (Å²) in [5, 5.41) is 3.77. The van der Waals surface area contributed by atoms with Gasteiger partial charge in [-0.3, -0.25) is 9.69 Å².